The van der Waals surface area contributed by atoms with Gasteiger partial charge in [0.05, 0.1) is 0 Å². The van der Waals surface area contributed by atoms with Gasteiger partial charge in [0.2, 0.25) is 0 Å². The average molecular weight is 303 g/mol. The van der Waals surface area contributed by atoms with E-state index in [9.17, 15) is 9.18 Å². The van der Waals surface area contributed by atoms with Gasteiger partial charge < -0.3 is 4.90 Å². The number of aromatic nitrogens is 2. The summed E-state index contributed by atoms with van der Waals surface area (Å²) < 4.78 is 14.3. The number of alkyl halides is 1. The fourth-order valence-electron chi connectivity index (χ4n) is 4.02. The highest BCUT2D eigenvalue weighted by molar-refractivity contribution is 5.86. The number of carbonyl (C=O) groups excluding carboxylic acids is 1. The minimum atomic E-state index is -1.57. The molecule has 2 aliphatic carbocycles. The quantitative estimate of drug-likeness (QED) is 0.843. The smallest absolute Gasteiger partial charge is 0.260 e. The third kappa shape index (κ3) is 1.97. The lowest BCUT2D eigenvalue weighted by molar-refractivity contribution is -0.149. The van der Waals surface area contributed by atoms with Crippen molar-refractivity contribution < 1.29 is 9.18 Å². The molecule has 0 N–H and O–H groups in total. The van der Waals surface area contributed by atoms with Crippen LogP contribution >= 0.6 is 0 Å². The molecule has 118 valence electrons. The van der Waals surface area contributed by atoms with E-state index in [2.05, 4.69) is 18.8 Å². The fourth-order valence-corrected chi connectivity index (χ4v) is 4.02. The minimum Gasteiger partial charge on any atom is -0.339 e. The van der Waals surface area contributed by atoms with Gasteiger partial charge in [0.1, 0.15) is 5.82 Å². The second-order valence-corrected chi connectivity index (χ2v) is 7.38. The standard InChI is InChI=1S/C17H22FN3O/c1-10(2)15-19-7-12-13-9-21(8-11(13)6-14(12)20-15)16(22)17(18)4-3-5-17/h7,10-11,13H,3-6,8-9H2,1-2H3. The molecule has 1 saturated heterocycles. The zero-order chi connectivity index (χ0) is 15.5. The number of halogens is 1. The van der Waals surface area contributed by atoms with Crippen molar-refractivity contribution in [3.05, 3.63) is 23.3 Å². The van der Waals surface area contributed by atoms with Gasteiger partial charge in [-0.25, -0.2) is 14.4 Å². The molecule has 0 radical (unpaired) electrons. The van der Waals surface area contributed by atoms with Crippen molar-refractivity contribution >= 4 is 5.91 Å². The van der Waals surface area contributed by atoms with Crippen molar-refractivity contribution in [2.24, 2.45) is 5.92 Å². The van der Waals surface area contributed by atoms with Crippen LogP contribution in [0, 0.1) is 5.92 Å². The molecule has 0 aromatic carbocycles. The van der Waals surface area contributed by atoms with Crippen LogP contribution in [-0.2, 0) is 11.2 Å². The van der Waals surface area contributed by atoms with Crippen LogP contribution in [0.25, 0.3) is 0 Å². The van der Waals surface area contributed by atoms with E-state index in [0.717, 1.165) is 24.4 Å². The van der Waals surface area contributed by atoms with Crippen LogP contribution in [0.3, 0.4) is 0 Å². The molecular formula is C17H22FN3O. The number of hydrogen-bond donors (Lipinski definition) is 0. The minimum absolute atomic E-state index is 0.283. The summed E-state index contributed by atoms with van der Waals surface area (Å²) in [6.07, 6.45) is 4.46. The van der Waals surface area contributed by atoms with Gasteiger partial charge >= 0.3 is 0 Å². The summed E-state index contributed by atoms with van der Waals surface area (Å²) in [6, 6.07) is 0. The first-order chi connectivity index (χ1) is 10.5. The third-order valence-corrected chi connectivity index (χ3v) is 5.55. The maximum atomic E-state index is 14.3. The van der Waals surface area contributed by atoms with Gasteiger partial charge in [-0.3, -0.25) is 4.79 Å². The van der Waals surface area contributed by atoms with Crippen molar-refractivity contribution in [1.82, 2.24) is 14.9 Å². The molecule has 22 heavy (non-hydrogen) atoms. The average Bonchev–Trinajstić information content (AvgIpc) is 3.00. The van der Waals surface area contributed by atoms with Gasteiger partial charge in [0, 0.05) is 36.8 Å². The van der Waals surface area contributed by atoms with Crippen LogP contribution in [0.4, 0.5) is 4.39 Å². The van der Waals surface area contributed by atoms with Crippen molar-refractivity contribution in [1.29, 1.82) is 0 Å². The van der Waals surface area contributed by atoms with E-state index >= 15 is 0 Å². The summed E-state index contributed by atoms with van der Waals surface area (Å²) in [6.45, 7) is 5.49. The van der Waals surface area contributed by atoms with E-state index in [4.69, 9.17) is 4.98 Å². The molecule has 0 bridgehead atoms. The van der Waals surface area contributed by atoms with Crippen LogP contribution < -0.4 is 0 Å². The second-order valence-electron chi connectivity index (χ2n) is 7.38. The zero-order valence-electron chi connectivity index (χ0n) is 13.2. The highest BCUT2D eigenvalue weighted by atomic mass is 19.1. The van der Waals surface area contributed by atoms with Gasteiger partial charge in [-0.05, 0) is 37.2 Å². The van der Waals surface area contributed by atoms with E-state index < -0.39 is 5.67 Å². The molecule has 4 nitrogen and oxygen atoms in total. The van der Waals surface area contributed by atoms with Gasteiger partial charge in [-0.1, -0.05) is 13.8 Å². The highest BCUT2D eigenvalue weighted by Crippen LogP contribution is 2.45. The Morgan fingerprint density at radius 1 is 1.41 bits per heavy atom. The van der Waals surface area contributed by atoms with Crippen LogP contribution in [0.15, 0.2) is 6.20 Å². The summed E-state index contributed by atoms with van der Waals surface area (Å²) in [5.41, 5.74) is 0.741. The third-order valence-electron chi connectivity index (χ3n) is 5.55. The number of nitrogens with zero attached hydrogens (tertiary/aromatic N) is 3. The number of hydrogen-bond acceptors (Lipinski definition) is 3. The lowest BCUT2D eigenvalue weighted by Gasteiger charge is -2.35. The Hall–Kier alpha value is -1.52. The predicted molar refractivity (Wildman–Crippen MR) is 80.3 cm³/mol. The van der Waals surface area contributed by atoms with Gasteiger partial charge in [-0.15, -0.1) is 0 Å². The molecule has 2 atom stereocenters. The molecule has 1 aromatic rings. The summed E-state index contributed by atoms with van der Waals surface area (Å²) in [4.78, 5) is 23.3. The highest BCUT2D eigenvalue weighted by Gasteiger charge is 2.51. The first-order valence-electron chi connectivity index (χ1n) is 8.32. The van der Waals surface area contributed by atoms with Crippen molar-refractivity contribution in [2.45, 2.75) is 57.0 Å². The lowest BCUT2D eigenvalue weighted by atomic mass is 9.81. The van der Waals surface area contributed by atoms with Crippen molar-refractivity contribution in [3.63, 3.8) is 0 Å². The number of amides is 1. The second kappa shape index (κ2) is 4.74. The van der Waals surface area contributed by atoms with Crippen LogP contribution in [0.1, 0.15) is 62.0 Å². The number of carbonyl (C=O) groups is 1. The van der Waals surface area contributed by atoms with Crippen LogP contribution in [0.2, 0.25) is 0 Å². The molecule has 2 fully saturated rings. The molecule has 0 spiro atoms. The maximum Gasteiger partial charge on any atom is 0.260 e. The molecule has 1 saturated carbocycles. The Bertz CT molecular complexity index is 626. The summed E-state index contributed by atoms with van der Waals surface area (Å²) >= 11 is 0. The van der Waals surface area contributed by atoms with E-state index in [1.165, 1.54) is 5.56 Å². The summed E-state index contributed by atoms with van der Waals surface area (Å²) in [7, 11) is 0. The van der Waals surface area contributed by atoms with E-state index in [1.807, 2.05) is 6.20 Å². The van der Waals surface area contributed by atoms with Crippen molar-refractivity contribution in [3.8, 4) is 0 Å². The topological polar surface area (TPSA) is 46.1 Å². The van der Waals surface area contributed by atoms with Gasteiger partial charge in [0.25, 0.3) is 5.91 Å². The van der Waals surface area contributed by atoms with Crippen molar-refractivity contribution in [2.75, 3.05) is 13.1 Å². The van der Waals surface area contributed by atoms with Crippen LogP contribution in [0.5, 0.6) is 0 Å². The Labute approximate surface area is 130 Å². The molecule has 3 aliphatic rings. The largest absolute Gasteiger partial charge is 0.339 e. The monoisotopic (exact) mass is 303 g/mol. The first kappa shape index (κ1) is 14.1. The van der Waals surface area contributed by atoms with E-state index in [-0.39, 0.29) is 5.91 Å². The number of rotatable bonds is 2. The fraction of sp³-hybridized carbons (Fsp3) is 0.706. The Balaban J connectivity index is 1.53. The van der Waals surface area contributed by atoms with E-state index in [1.54, 1.807) is 4.90 Å². The molecule has 1 aliphatic heterocycles. The molecule has 5 heteroatoms. The maximum absolute atomic E-state index is 14.3. The predicted octanol–water partition coefficient (Wildman–Crippen LogP) is 2.59. The van der Waals surface area contributed by atoms with E-state index in [0.29, 0.717) is 43.7 Å². The summed E-state index contributed by atoms with van der Waals surface area (Å²) in [5, 5.41) is 0. The summed E-state index contributed by atoms with van der Waals surface area (Å²) in [5.74, 6) is 1.62. The van der Waals surface area contributed by atoms with Crippen LogP contribution in [-0.4, -0.2) is 39.5 Å². The molecule has 2 heterocycles. The molecular weight excluding hydrogens is 281 g/mol. The van der Waals surface area contributed by atoms with Gasteiger partial charge in [0.15, 0.2) is 5.67 Å². The Kier molecular flexibility index (Phi) is 3.03. The SMILES string of the molecule is CC(C)c1ncc2c(n1)CC1CN(C(=O)C3(F)CCC3)CC21. The Morgan fingerprint density at radius 2 is 2.18 bits per heavy atom. The molecule has 1 aromatic heterocycles. The first-order valence-corrected chi connectivity index (χ1v) is 8.32. The normalized spacial score (nSPS) is 28.5. The molecule has 2 unspecified atom stereocenters. The Morgan fingerprint density at radius 3 is 2.82 bits per heavy atom. The number of fused-ring (bicyclic) bond motifs is 3. The lowest BCUT2D eigenvalue weighted by Crippen LogP contribution is -2.49. The number of likely N-dealkylation sites (tertiary alicyclic amines) is 1. The molecule has 4 rings (SSSR count). The molecule has 1 amide bonds. The zero-order valence-corrected chi connectivity index (χ0v) is 13.2. The van der Waals surface area contributed by atoms with Gasteiger partial charge in [-0.2, -0.15) is 0 Å².